The van der Waals surface area contributed by atoms with Gasteiger partial charge in [-0.15, -0.1) is 11.3 Å². The molecule has 2 nitrogen and oxygen atoms in total. The number of thiazole rings is 1. The molecule has 0 aliphatic rings. The van der Waals surface area contributed by atoms with E-state index in [9.17, 15) is 0 Å². The quantitative estimate of drug-likeness (QED) is 0.630. The molecule has 0 radical (unpaired) electrons. The molecule has 1 aromatic rings. The number of nitrogens with zero attached hydrogens (tertiary/aromatic N) is 1. The standard InChI is InChI=1S/C5H7NS.H3N/c1-2-5-3-7-4-6-5;/h3-4H,2H2,1H3;1H3. The lowest BCUT2D eigenvalue weighted by molar-refractivity contribution is 1.06. The molecule has 0 unspecified atom stereocenters. The Bertz CT molecular complexity index is 125. The average molecular weight is 130 g/mol. The van der Waals surface area contributed by atoms with Crippen molar-refractivity contribution in [3.63, 3.8) is 0 Å². The second kappa shape index (κ2) is 3.57. The van der Waals surface area contributed by atoms with Gasteiger partial charge in [0.05, 0.1) is 11.2 Å². The molecule has 0 spiro atoms. The monoisotopic (exact) mass is 130 g/mol. The topological polar surface area (TPSA) is 47.9 Å². The lowest BCUT2D eigenvalue weighted by Crippen LogP contribution is -1.73. The van der Waals surface area contributed by atoms with E-state index < -0.39 is 0 Å². The van der Waals surface area contributed by atoms with Crippen molar-refractivity contribution in [2.45, 2.75) is 13.3 Å². The Morgan fingerprint density at radius 3 is 2.75 bits per heavy atom. The molecule has 0 bridgehead atoms. The smallest absolute Gasteiger partial charge is 0.0794 e. The third-order valence-electron chi connectivity index (χ3n) is 0.846. The highest BCUT2D eigenvalue weighted by molar-refractivity contribution is 7.07. The Kier molecular flexibility index (Phi) is 3.39. The van der Waals surface area contributed by atoms with Gasteiger partial charge in [-0.05, 0) is 6.42 Å². The highest BCUT2D eigenvalue weighted by Gasteiger charge is 1.84. The summed E-state index contributed by atoms with van der Waals surface area (Å²) in [6, 6.07) is 0. The summed E-state index contributed by atoms with van der Waals surface area (Å²) >= 11 is 1.65. The largest absolute Gasteiger partial charge is 0.344 e. The minimum atomic E-state index is 0. The summed E-state index contributed by atoms with van der Waals surface area (Å²) in [7, 11) is 0. The Hall–Kier alpha value is -0.410. The van der Waals surface area contributed by atoms with Crippen LogP contribution in [0.4, 0.5) is 0 Å². The van der Waals surface area contributed by atoms with Crippen molar-refractivity contribution in [1.29, 1.82) is 0 Å². The van der Waals surface area contributed by atoms with Gasteiger partial charge in [0.1, 0.15) is 0 Å². The van der Waals surface area contributed by atoms with E-state index in [4.69, 9.17) is 0 Å². The van der Waals surface area contributed by atoms with Crippen molar-refractivity contribution in [2.75, 3.05) is 0 Å². The van der Waals surface area contributed by atoms with Crippen LogP contribution in [0.25, 0.3) is 0 Å². The summed E-state index contributed by atoms with van der Waals surface area (Å²) in [6.45, 7) is 2.11. The summed E-state index contributed by atoms with van der Waals surface area (Å²) in [6.07, 6.45) is 1.06. The van der Waals surface area contributed by atoms with Gasteiger partial charge < -0.3 is 6.15 Å². The summed E-state index contributed by atoms with van der Waals surface area (Å²) < 4.78 is 0. The molecular weight excluding hydrogens is 120 g/mol. The van der Waals surface area contributed by atoms with E-state index in [1.807, 2.05) is 5.51 Å². The fourth-order valence-electron chi connectivity index (χ4n) is 0.412. The maximum absolute atomic E-state index is 4.05. The van der Waals surface area contributed by atoms with Crippen LogP contribution in [-0.2, 0) is 6.42 Å². The van der Waals surface area contributed by atoms with Crippen LogP contribution in [0.2, 0.25) is 0 Å². The van der Waals surface area contributed by atoms with Crippen LogP contribution in [0.1, 0.15) is 12.6 Å². The first-order valence-electron chi connectivity index (χ1n) is 2.30. The van der Waals surface area contributed by atoms with E-state index in [0.717, 1.165) is 6.42 Å². The van der Waals surface area contributed by atoms with Crippen molar-refractivity contribution in [1.82, 2.24) is 11.1 Å². The van der Waals surface area contributed by atoms with Gasteiger partial charge in [0.25, 0.3) is 0 Å². The Labute approximate surface area is 53.2 Å². The lowest BCUT2D eigenvalue weighted by atomic mass is 10.4. The Balaban J connectivity index is 0.000000490. The summed E-state index contributed by atoms with van der Waals surface area (Å²) in [5.74, 6) is 0. The van der Waals surface area contributed by atoms with Gasteiger partial charge in [-0.1, -0.05) is 6.92 Å². The summed E-state index contributed by atoms with van der Waals surface area (Å²) in [5, 5.41) is 2.07. The van der Waals surface area contributed by atoms with Crippen LogP contribution in [0.3, 0.4) is 0 Å². The van der Waals surface area contributed by atoms with E-state index in [1.54, 1.807) is 11.3 Å². The normalized spacial score (nSPS) is 8.12. The molecule has 1 aromatic heterocycles. The molecule has 0 saturated carbocycles. The zero-order valence-electron chi connectivity index (χ0n) is 4.92. The molecule has 3 N–H and O–H groups in total. The number of aryl methyl sites for hydroxylation is 1. The van der Waals surface area contributed by atoms with E-state index >= 15 is 0 Å². The molecule has 0 fully saturated rings. The number of hydrogen-bond donors (Lipinski definition) is 1. The number of hydrogen-bond acceptors (Lipinski definition) is 3. The van der Waals surface area contributed by atoms with Gasteiger partial charge >= 0.3 is 0 Å². The minimum Gasteiger partial charge on any atom is -0.344 e. The minimum absolute atomic E-state index is 0. The highest BCUT2D eigenvalue weighted by Crippen LogP contribution is 1.99. The number of aromatic nitrogens is 1. The molecule has 1 rings (SSSR count). The molecule has 46 valence electrons. The van der Waals surface area contributed by atoms with Crippen molar-refractivity contribution in [3.05, 3.63) is 16.6 Å². The van der Waals surface area contributed by atoms with Crippen LogP contribution in [0.15, 0.2) is 10.9 Å². The molecule has 0 amide bonds. The molecule has 0 atom stereocenters. The number of rotatable bonds is 1. The molecule has 0 aromatic carbocycles. The first kappa shape index (κ1) is 7.59. The van der Waals surface area contributed by atoms with E-state index in [0.29, 0.717) is 0 Å². The van der Waals surface area contributed by atoms with Crippen LogP contribution < -0.4 is 6.15 Å². The molecular formula is C5H10N2S. The van der Waals surface area contributed by atoms with Gasteiger partial charge in [0.15, 0.2) is 0 Å². The van der Waals surface area contributed by atoms with E-state index in [1.165, 1.54) is 5.69 Å². The first-order valence-corrected chi connectivity index (χ1v) is 3.25. The predicted octanol–water partition coefficient (Wildman–Crippen LogP) is 1.87. The Morgan fingerprint density at radius 1 is 1.75 bits per heavy atom. The maximum atomic E-state index is 4.05. The third kappa shape index (κ3) is 1.60. The molecule has 0 aliphatic heterocycles. The van der Waals surface area contributed by atoms with Crippen LogP contribution in [0.5, 0.6) is 0 Å². The van der Waals surface area contributed by atoms with Crippen LogP contribution in [-0.4, -0.2) is 4.98 Å². The SMILES string of the molecule is CCc1cscn1.N. The van der Waals surface area contributed by atoms with Crippen LogP contribution in [0, 0.1) is 0 Å². The lowest BCUT2D eigenvalue weighted by Gasteiger charge is -1.77. The summed E-state index contributed by atoms with van der Waals surface area (Å²) in [4.78, 5) is 4.05. The first-order chi connectivity index (χ1) is 3.43. The van der Waals surface area contributed by atoms with Crippen molar-refractivity contribution in [3.8, 4) is 0 Å². The zero-order chi connectivity index (χ0) is 5.11. The fourth-order valence-corrected chi connectivity index (χ4v) is 1.05. The van der Waals surface area contributed by atoms with Crippen molar-refractivity contribution in [2.24, 2.45) is 0 Å². The molecule has 8 heavy (non-hydrogen) atoms. The summed E-state index contributed by atoms with van der Waals surface area (Å²) in [5.41, 5.74) is 3.06. The van der Waals surface area contributed by atoms with Gasteiger partial charge in [0, 0.05) is 5.38 Å². The zero-order valence-corrected chi connectivity index (χ0v) is 5.74. The van der Waals surface area contributed by atoms with Gasteiger partial charge in [-0.25, -0.2) is 4.98 Å². The predicted molar refractivity (Wildman–Crippen MR) is 36.5 cm³/mol. The fraction of sp³-hybridized carbons (Fsp3) is 0.400. The second-order valence-corrected chi connectivity index (χ2v) is 2.05. The third-order valence-corrected chi connectivity index (χ3v) is 1.48. The van der Waals surface area contributed by atoms with Gasteiger partial charge in [0.2, 0.25) is 0 Å². The van der Waals surface area contributed by atoms with Gasteiger partial charge in [-0.2, -0.15) is 0 Å². The molecule has 3 heteroatoms. The van der Waals surface area contributed by atoms with E-state index in [2.05, 4.69) is 17.3 Å². The van der Waals surface area contributed by atoms with E-state index in [-0.39, 0.29) is 6.15 Å². The average Bonchev–Trinajstić information content (AvgIpc) is 2.14. The molecule has 0 aliphatic carbocycles. The van der Waals surface area contributed by atoms with Crippen molar-refractivity contribution < 1.29 is 0 Å². The van der Waals surface area contributed by atoms with Gasteiger partial charge in [-0.3, -0.25) is 0 Å². The maximum Gasteiger partial charge on any atom is 0.0794 e. The molecule has 0 saturated heterocycles. The molecule has 1 heterocycles. The Morgan fingerprint density at radius 2 is 2.50 bits per heavy atom. The highest BCUT2D eigenvalue weighted by atomic mass is 32.1. The second-order valence-electron chi connectivity index (χ2n) is 1.33. The van der Waals surface area contributed by atoms with Crippen LogP contribution >= 0.6 is 11.3 Å². The van der Waals surface area contributed by atoms with Crippen molar-refractivity contribution >= 4 is 11.3 Å².